The summed E-state index contributed by atoms with van der Waals surface area (Å²) in [7, 11) is 1.66. The lowest BCUT2D eigenvalue weighted by atomic mass is 9.91. The summed E-state index contributed by atoms with van der Waals surface area (Å²) in [6.45, 7) is 4.08. The number of carbonyl (C=O) groups excluding carboxylic acids is 1. The maximum absolute atomic E-state index is 12.6. The quantitative estimate of drug-likeness (QED) is 0.760. The molecular weight excluding hydrogens is 224 g/mol. The molecule has 2 saturated carbocycles. The number of ether oxygens (including phenoxy) is 1. The van der Waals surface area contributed by atoms with Gasteiger partial charge < -0.3 is 4.74 Å². The van der Waals surface area contributed by atoms with Crippen LogP contribution in [0, 0.1) is 31.6 Å². The highest BCUT2D eigenvalue weighted by Gasteiger charge is 2.48. The number of methoxy groups -OCH3 is 1. The van der Waals surface area contributed by atoms with Crippen LogP contribution in [-0.4, -0.2) is 12.9 Å². The van der Waals surface area contributed by atoms with Crippen LogP contribution in [0.2, 0.25) is 0 Å². The number of hydrogen-bond donors (Lipinski definition) is 0. The van der Waals surface area contributed by atoms with Crippen molar-refractivity contribution in [2.24, 2.45) is 17.8 Å². The van der Waals surface area contributed by atoms with Gasteiger partial charge in [-0.15, -0.1) is 0 Å². The van der Waals surface area contributed by atoms with E-state index in [0.29, 0.717) is 5.78 Å². The Hall–Kier alpha value is -1.31. The minimum Gasteiger partial charge on any atom is -0.496 e. The van der Waals surface area contributed by atoms with Crippen molar-refractivity contribution >= 4 is 5.78 Å². The van der Waals surface area contributed by atoms with E-state index >= 15 is 0 Å². The van der Waals surface area contributed by atoms with Crippen LogP contribution in [0.15, 0.2) is 12.1 Å². The second kappa shape index (κ2) is 4.11. The first-order chi connectivity index (χ1) is 8.61. The van der Waals surface area contributed by atoms with Gasteiger partial charge in [-0.1, -0.05) is 6.07 Å². The molecule has 0 aliphatic heterocycles. The van der Waals surface area contributed by atoms with Crippen molar-refractivity contribution in [2.45, 2.75) is 33.1 Å². The van der Waals surface area contributed by atoms with Crippen LogP contribution in [0.3, 0.4) is 0 Å². The molecule has 2 aliphatic rings. The summed E-state index contributed by atoms with van der Waals surface area (Å²) < 4.78 is 5.45. The van der Waals surface area contributed by atoms with Crippen LogP contribution in [0.5, 0.6) is 5.75 Å². The van der Waals surface area contributed by atoms with Crippen LogP contribution in [0.1, 0.15) is 40.7 Å². The van der Waals surface area contributed by atoms with Crippen molar-refractivity contribution in [1.29, 1.82) is 0 Å². The van der Waals surface area contributed by atoms with Crippen LogP contribution < -0.4 is 4.74 Å². The van der Waals surface area contributed by atoms with Gasteiger partial charge in [-0.3, -0.25) is 4.79 Å². The molecule has 96 valence electrons. The van der Waals surface area contributed by atoms with Gasteiger partial charge in [0, 0.05) is 5.92 Å². The van der Waals surface area contributed by atoms with E-state index in [2.05, 4.69) is 6.92 Å². The van der Waals surface area contributed by atoms with E-state index in [1.165, 1.54) is 12.0 Å². The number of benzene rings is 1. The molecular formula is C16H20O2. The zero-order valence-electron chi connectivity index (χ0n) is 11.3. The number of fused-ring (bicyclic) bond motifs is 1. The summed E-state index contributed by atoms with van der Waals surface area (Å²) in [6.07, 6.45) is 3.55. The summed E-state index contributed by atoms with van der Waals surface area (Å²) in [5.41, 5.74) is 3.05. The molecule has 0 radical (unpaired) electrons. The smallest absolute Gasteiger partial charge is 0.169 e. The lowest BCUT2D eigenvalue weighted by Crippen LogP contribution is -2.14. The Kier molecular flexibility index (Phi) is 2.69. The highest BCUT2D eigenvalue weighted by molar-refractivity contribution is 6.01. The van der Waals surface area contributed by atoms with Crippen LogP contribution in [0.25, 0.3) is 0 Å². The van der Waals surface area contributed by atoms with E-state index in [1.54, 1.807) is 7.11 Å². The Morgan fingerprint density at radius 2 is 1.83 bits per heavy atom. The molecule has 0 amide bonds. The molecule has 0 N–H and O–H groups in total. The van der Waals surface area contributed by atoms with E-state index in [-0.39, 0.29) is 5.92 Å². The fourth-order valence-corrected chi connectivity index (χ4v) is 3.40. The van der Waals surface area contributed by atoms with Gasteiger partial charge in [-0.2, -0.15) is 0 Å². The lowest BCUT2D eigenvalue weighted by molar-refractivity contribution is 0.0911. The van der Waals surface area contributed by atoms with Crippen molar-refractivity contribution < 1.29 is 9.53 Å². The maximum Gasteiger partial charge on any atom is 0.169 e. The minimum absolute atomic E-state index is 0.241. The number of aryl methyl sites for hydroxylation is 1. The normalized spacial score (nSPS) is 28.9. The van der Waals surface area contributed by atoms with Gasteiger partial charge >= 0.3 is 0 Å². The highest BCUT2D eigenvalue weighted by Crippen LogP contribution is 2.55. The SMILES string of the molecule is COc1c(C(=O)C2CC3CC3C2)ccc(C)c1C. The fraction of sp³-hybridized carbons (Fsp3) is 0.562. The summed E-state index contributed by atoms with van der Waals surface area (Å²) >= 11 is 0. The predicted octanol–water partition coefficient (Wildman–Crippen LogP) is 3.54. The Bertz CT molecular complexity index is 494. The molecule has 0 spiro atoms. The molecule has 2 nitrogen and oxygen atoms in total. The van der Waals surface area contributed by atoms with Crippen molar-refractivity contribution in [3.63, 3.8) is 0 Å². The number of ketones is 1. The van der Waals surface area contributed by atoms with E-state index < -0.39 is 0 Å². The molecule has 1 aromatic carbocycles. The molecule has 2 atom stereocenters. The molecule has 2 fully saturated rings. The van der Waals surface area contributed by atoms with Crippen LogP contribution in [-0.2, 0) is 0 Å². The third kappa shape index (κ3) is 1.75. The standard InChI is InChI=1S/C16H20O2/c1-9-4-5-14(16(18-3)10(9)2)15(17)13-7-11-6-12(11)8-13/h4-5,11-13H,6-8H2,1-3H3. The first kappa shape index (κ1) is 11.8. The molecule has 18 heavy (non-hydrogen) atoms. The average Bonchev–Trinajstić information content (AvgIpc) is 2.98. The van der Waals surface area contributed by atoms with E-state index in [9.17, 15) is 4.79 Å². The molecule has 1 aromatic rings. The Balaban J connectivity index is 1.91. The Morgan fingerprint density at radius 1 is 1.17 bits per heavy atom. The van der Waals surface area contributed by atoms with Gasteiger partial charge in [0.15, 0.2) is 5.78 Å². The Labute approximate surface area is 108 Å². The topological polar surface area (TPSA) is 26.3 Å². The molecule has 2 aliphatic carbocycles. The van der Waals surface area contributed by atoms with E-state index in [1.807, 2.05) is 19.1 Å². The van der Waals surface area contributed by atoms with Crippen molar-refractivity contribution in [3.8, 4) is 5.75 Å². The highest BCUT2D eigenvalue weighted by atomic mass is 16.5. The zero-order valence-corrected chi connectivity index (χ0v) is 11.3. The van der Waals surface area contributed by atoms with Crippen LogP contribution in [0.4, 0.5) is 0 Å². The van der Waals surface area contributed by atoms with Crippen molar-refractivity contribution in [2.75, 3.05) is 7.11 Å². The average molecular weight is 244 g/mol. The van der Waals surface area contributed by atoms with E-state index in [0.717, 1.165) is 41.6 Å². The molecule has 0 saturated heterocycles. The lowest BCUT2D eigenvalue weighted by Gasteiger charge is -2.16. The molecule has 2 unspecified atom stereocenters. The maximum atomic E-state index is 12.6. The summed E-state index contributed by atoms with van der Waals surface area (Å²) in [4.78, 5) is 12.6. The summed E-state index contributed by atoms with van der Waals surface area (Å²) in [5, 5.41) is 0. The molecule has 3 rings (SSSR count). The number of rotatable bonds is 3. The number of hydrogen-bond acceptors (Lipinski definition) is 2. The molecule has 0 bridgehead atoms. The summed E-state index contributed by atoms with van der Waals surface area (Å²) in [6, 6.07) is 3.97. The number of carbonyl (C=O) groups is 1. The second-order valence-corrected chi connectivity index (χ2v) is 5.88. The van der Waals surface area contributed by atoms with E-state index in [4.69, 9.17) is 4.74 Å². The van der Waals surface area contributed by atoms with Gasteiger partial charge in [-0.05, 0) is 62.1 Å². The van der Waals surface area contributed by atoms with Gasteiger partial charge in [0.1, 0.15) is 5.75 Å². The monoisotopic (exact) mass is 244 g/mol. The van der Waals surface area contributed by atoms with Gasteiger partial charge in [0.2, 0.25) is 0 Å². The van der Waals surface area contributed by atoms with Crippen molar-refractivity contribution in [1.82, 2.24) is 0 Å². The second-order valence-electron chi connectivity index (χ2n) is 5.88. The largest absolute Gasteiger partial charge is 0.496 e. The zero-order chi connectivity index (χ0) is 12.9. The fourth-order valence-electron chi connectivity index (χ4n) is 3.40. The van der Waals surface area contributed by atoms with Gasteiger partial charge in [0.05, 0.1) is 12.7 Å². The Morgan fingerprint density at radius 3 is 2.44 bits per heavy atom. The molecule has 0 heterocycles. The minimum atomic E-state index is 0.241. The first-order valence-electron chi connectivity index (χ1n) is 6.80. The number of Topliss-reactive ketones (excluding diaryl/α,β-unsaturated/α-hetero) is 1. The third-order valence-electron chi connectivity index (χ3n) is 4.76. The van der Waals surface area contributed by atoms with Gasteiger partial charge in [-0.25, -0.2) is 0 Å². The van der Waals surface area contributed by atoms with Gasteiger partial charge in [0.25, 0.3) is 0 Å². The first-order valence-corrected chi connectivity index (χ1v) is 6.80. The van der Waals surface area contributed by atoms with Crippen molar-refractivity contribution in [3.05, 3.63) is 28.8 Å². The summed E-state index contributed by atoms with van der Waals surface area (Å²) in [5.74, 6) is 3.00. The van der Waals surface area contributed by atoms with Crippen LogP contribution >= 0.6 is 0 Å². The molecule has 2 heteroatoms. The predicted molar refractivity (Wildman–Crippen MR) is 71.1 cm³/mol. The molecule has 0 aromatic heterocycles. The third-order valence-corrected chi connectivity index (χ3v) is 4.76.